The zero-order chi connectivity index (χ0) is 11.5. The van der Waals surface area contributed by atoms with Gasteiger partial charge >= 0.3 is 0 Å². The molecular weight excluding hydrogens is 258 g/mol. The lowest BCUT2D eigenvalue weighted by molar-refractivity contribution is -0.0907. The zero-order valence-electron chi connectivity index (χ0n) is 7.09. The van der Waals surface area contributed by atoms with Crippen LogP contribution in [0.25, 0.3) is 0 Å². The molecule has 2 heterocycles. The van der Waals surface area contributed by atoms with Crippen molar-refractivity contribution in [2.45, 2.75) is 12.7 Å². The Bertz CT molecular complexity index is 436. The topological polar surface area (TPSA) is 86.7 Å². The van der Waals surface area contributed by atoms with E-state index in [9.17, 15) is 25.6 Å². The fraction of sp³-hybridized carbons (Fsp3) is 1.00. The van der Waals surface area contributed by atoms with Crippen LogP contribution in [0.15, 0.2) is 0 Å². The monoisotopic (exact) mass is 264 g/mol. The average molecular weight is 264 g/mol. The van der Waals surface area contributed by atoms with Gasteiger partial charge in [0.15, 0.2) is 0 Å². The van der Waals surface area contributed by atoms with Crippen molar-refractivity contribution in [3.8, 4) is 0 Å². The van der Waals surface area contributed by atoms with Gasteiger partial charge in [-0.05, 0) is 0 Å². The van der Waals surface area contributed by atoms with E-state index in [2.05, 4.69) is 8.37 Å². The van der Waals surface area contributed by atoms with Gasteiger partial charge in [-0.1, -0.05) is 0 Å². The molecule has 0 radical (unpaired) electrons. The van der Waals surface area contributed by atoms with E-state index in [4.69, 9.17) is 0 Å². The summed E-state index contributed by atoms with van der Waals surface area (Å²) in [6.07, 6.45) is -5.07. The summed E-state index contributed by atoms with van der Waals surface area (Å²) in [5, 5.41) is 0. The van der Waals surface area contributed by atoms with Gasteiger partial charge in [0.05, 0.1) is 11.5 Å². The van der Waals surface area contributed by atoms with Crippen LogP contribution in [0, 0.1) is 5.41 Å². The lowest BCUT2D eigenvalue weighted by Gasteiger charge is -2.19. The van der Waals surface area contributed by atoms with Crippen LogP contribution in [0.1, 0.15) is 0 Å². The molecule has 0 amide bonds. The van der Waals surface area contributed by atoms with E-state index in [1.165, 1.54) is 0 Å². The molecule has 0 aliphatic carbocycles. The molecule has 0 aromatic rings. The van der Waals surface area contributed by atoms with E-state index in [1.54, 1.807) is 0 Å². The minimum atomic E-state index is -4.23. The van der Waals surface area contributed by atoms with Crippen LogP contribution in [0.4, 0.5) is 8.78 Å². The highest BCUT2D eigenvalue weighted by Gasteiger charge is 2.65. The first-order valence-electron chi connectivity index (χ1n) is 3.77. The fourth-order valence-corrected chi connectivity index (χ4v) is 4.79. The first-order valence-corrected chi connectivity index (χ1v) is 6.92. The van der Waals surface area contributed by atoms with E-state index in [0.29, 0.717) is 0 Å². The molecule has 0 aromatic carbocycles. The van der Waals surface area contributed by atoms with Crippen molar-refractivity contribution in [2.75, 3.05) is 11.5 Å². The standard InChI is InChI=1S/C5H6F2O6S2/c6-3-5(1-14(8,9)12-3)2-15(10,11)13-4(5)7/h3-4H,1-2H2. The van der Waals surface area contributed by atoms with Crippen molar-refractivity contribution in [1.29, 1.82) is 0 Å². The van der Waals surface area contributed by atoms with Gasteiger partial charge in [-0.2, -0.15) is 16.8 Å². The third-order valence-electron chi connectivity index (χ3n) is 2.26. The number of halogens is 2. The highest BCUT2D eigenvalue weighted by molar-refractivity contribution is 7.88. The largest absolute Gasteiger partial charge is 0.271 e. The quantitative estimate of drug-likeness (QED) is 0.537. The van der Waals surface area contributed by atoms with Gasteiger partial charge in [0.25, 0.3) is 20.2 Å². The van der Waals surface area contributed by atoms with E-state index in [1.807, 2.05) is 0 Å². The molecule has 88 valence electrons. The lowest BCUT2D eigenvalue weighted by atomic mass is 9.93. The minimum absolute atomic E-state index is 1.04. The van der Waals surface area contributed by atoms with E-state index < -0.39 is 49.9 Å². The summed E-state index contributed by atoms with van der Waals surface area (Å²) in [5.41, 5.74) is -2.28. The van der Waals surface area contributed by atoms with Crippen LogP contribution >= 0.6 is 0 Å². The molecule has 0 bridgehead atoms. The first-order chi connectivity index (χ1) is 6.67. The Morgan fingerprint density at radius 1 is 0.933 bits per heavy atom. The molecule has 2 aliphatic rings. The number of alkyl halides is 2. The molecule has 15 heavy (non-hydrogen) atoms. The maximum Gasteiger partial charge on any atom is 0.271 e. The molecule has 0 N–H and O–H groups in total. The Kier molecular flexibility index (Phi) is 2.14. The van der Waals surface area contributed by atoms with Gasteiger partial charge in [-0.3, -0.25) is 0 Å². The van der Waals surface area contributed by atoms with Crippen LogP contribution in [0.3, 0.4) is 0 Å². The molecule has 1 spiro atoms. The van der Waals surface area contributed by atoms with Crippen molar-refractivity contribution in [3.63, 3.8) is 0 Å². The second-order valence-corrected chi connectivity index (χ2v) is 6.65. The Hall–Kier alpha value is -0.320. The van der Waals surface area contributed by atoms with Crippen LogP contribution in [0.2, 0.25) is 0 Å². The number of rotatable bonds is 0. The smallest absolute Gasteiger partial charge is 0.232 e. The molecule has 2 fully saturated rings. The van der Waals surface area contributed by atoms with Gasteiger partial charge in [0, 0.05) is 0 Å². The van der Waals surface area contributed by atoms with Crippen LogP contribution < -0.4 is 0 Å². The highest BCUT2D eigenvalue weighted by atomic mass is 32.2. The summed E-state index contributed by atoms with van der Waals surface area (Å²) in [4.78, 5) is 0. The summed E-state index contributed by atoms with van der Waals surface area (Å²) in [7, 11) is -8.46. The molecule has 2 saturated heterocycles. The highest BCUT2D eigenvalue weighted by Crippen LogP contribution is 2.46. The Labute approximate surface area is 84.4 Å². The molecule has 0 aromatic heterocycles. The van der Waals surface area contributed by atoms with Crippen molar-refractivity contribution in [3.05, 3.63) is 0 Å². The summed E-state index contributed by atoms with van der Waals surface area (Å²) < 4.78 is 77.6. The average Bonchev–Trinajstić information content (AvgIpc) is 2.31. The molecule has 2 unspecified atom stereocenters. The van der Waals surface area contributed by atoms with Gasteiger partial charge in [-0.25, -0.2) is 17.1 Å². The minimum Gasteiger partial charge on any atom is -0.232 e. The molecule has 2 aliphatic heterocycles. The summed E-state index contributed by atoms with van der Waals surface area (Å²) in [5.74, 6) is -2.08. The Morgan fingerprint density at radius 2 is 1.27 bits per heavy atom. The van der Waals surface area contributed by atoms with Gasteiger partial charge in [-0.15, -0.1) is 0 Å². The molecule has 0 saturated carbocycles. The lowest BCUT2D eigenvalue weighted by Crippen LogP contribution is -2.39. The maximum atomic E-state index is 13.2. The molecule has 6 nitrogen and oxygen atoms in total. The van der Waals surface area contributed by atoms with Gasteiger partial charge in [0.1, 0.15) is 5.41 Å². The third-order valence-corrected chi connectivity index (χ3v) is 4.96. The van der Waals surface area contributed by atoms with Crippen molar-refractivity contribution in [1.82, 2.24) is 0 Å². The predicted molar refractivity (Wildman–Crippen MR) is 42.0 cm³/mol. The Morgan fingerprint density at radius 3 is 1.47 bits per heavy atom. The maximum absolute atomic E-state index is 13.2. The first kappa shape index (κ1) is 11.2. The van der Waals surface area contributed by atoms with Crippen LogP contribution in [-0.4, -0.2) is 41.1 Å². The second kappa shape index (κ2) is 2.87. The van der Waals surface area contributed by atoms with Crippen LogP contribution in [-0.2, 0) is 28.6 Å². The van der Waals surface area contributed by atoms with Gasteiger partial charge in [0.2, 0.25) is 12.7 Å². The van der Waals surface area contributed by atoms with Crippen LogP contribution in [0.5, 0.6) is 0 Å². The number of hydrogen-bond acceptors (Lipinski definition) is 6. The van der Waals surface area contributed by atoms with Gasteiger partial charge < -0.3 is 0 Å². The summed E-state index contributed by atoms with van der Waals surface area (Å²) in [6, 6.07) is 0. The number of hydrogen-bond donors (Lipinski definition) is 0. The van der Waals surface area contributed by atoms with Crippen molar-refractivity contribution < 1.29 is 34.0 Å². The van der Waals surface area contributed by atoms with E-state index in [-0.39, 0.29) is 0 Å². The normalized spacial score (nSPS) is 47.3. The SMILES string of the molecule is O=S1(=O)CC2(CS(=O)(=O)OC2F)C(F)O1. The molecule has 2 atom stereocenters. The molecule has 2 rings (SSSR count). The predicted octanol–water partition coefficient (Wildman–Crippen LogP) is -0.716. The Balaban J connectivity index is 2.45. The fourth-order valence-electron chi connectivity index (χ4n) is 1.58. The van der Waals surface area contributed by atoms with E-state index in [0.717, 1.165) is 0 Å². The third kappa shape index (κ3) is 1.65. The van der Waals surface area contributed by atoms with E-state index >= 15 is 0 Å². The summed E-state index contributed by atoms with van der Waals surface area (Å²) in [6.45, 7) is 0. The van der Waals surface area contributed by atoms with Crippen molar-refractivity contribution in [2.24, 2.45) is 5.41 Å². The molecule has 10 heteroatoms. The summed E-state index contributed by atoms with van der Waals surface area (Å²) >= 11 is 0. The molecular formula is C5H6F2O6S2. The second-order valence-electron chi connectivity index (χ2n) is 3.46. The zero-order valence-corrected chi connectivity index (χ0v) is 8.72. The van der Waals surface area contributed by atoms with Crippen molar-refractivity contribution >= 4 is 20.2 Å².